The number of amides is 2. The molecule has 4 rings (SSSR count). The van der Waals surface area contributed by atoms with Crippen molar-refractivity contribution in [2.75, 3.05) is 39.8 Å². The van der Waals surface area contributed by atoms with Gasteiger partial charge in [0.2, 0.25) is 0 Å². The molecule has 1 heterocycles. The van der Waals surface area contributed by atoms with Crippen molar-refractivity contribution in [2.45, 2.75) is 19.3 Å². The van der Waals surface area contributed by atoms with Crippen LogP contribution in [0.3, 0.4) is 0 Å². The van der Waals surface area contributed by atoms with Gasteiger partial charge in [-0.2, -0.15) is 5.26 Å². The fourth-order valence-corrected chi connectivity index (χ4v) is 4.35. The number of halogens is 1. The van der Waals surface area contributed by atoms with E-state index in [0.29, 0.717) is 43.4 Å². The lowest BCUT2D eigenvalue weighted by Crippen LogP contribution is -2.52. The highest BCUT2D eigenvalue weighted by atomic mass is 35.5. The Morgan fingerprint density at radius 3 is 2.41 bits per heavy atom. The number of carbonyl (C=O) groups is 1. The van der Waals surface area contributed by atoms with Crippen LogP contribution in [0.4, 0.5) is 4.79 Å². The molecule has 192 valence electrons. The SMILES string of the molecule is COc1cccc([C@@H](CN2CCN(C(=O)NCc3ccc(Cl)cc3)CC2)OCc2ccc(C#N)cc2)c1. The maximum Gasteiger partial charge on any atom is 0.317 e. The number of nitrogens with one attached hydrogen (secondary N) is 1. The van der Waals surface area contributed by atoms with Crippen molar-refractivity contribution >= 4 is 17.6 Å². The predicted molar refractivity (Wildman–Crippen MR) is 143 cm³/mol. The first-order valence-corrected chi connectivity index (χ1v) is 12.7. The van der Waals surface area contributed by atoms with Crippen LogP contribution >= 0.6 is 11.6 Å². The van der Waals surface area contributed by atoms with Crippen molar-refractivity contribution in [1.29, 1.82) is 5.26 Å². The van der Waals surface area contributed by atoms with E-state index in [-0.39, 0.29) is 12.1 Å². The van der Waals surface area contributed by atoms with Gasteiger partial charge >= 0.3 is 6.03 Å². The first-order valence-electron chi connectivity index (χ1n) is 12.3. The van der Waals surface area contributed by atoms with Gasteiger partial charge in [0.15, 0.2) is 0 Å². The zero-order chi connectivity index (χ0) is 26.0. The van der Waals surface area contributed by atoms with Crippen LogP contribution in [0.1, 0.15) is 28.4 Å². The molecule has 1 fully saturated rings. The van der Waals surface area contributed by atoms with E-state index >= 15 is 0 Å². The van der Waals surface area contributed by atoms with Crippen LogP contribution in [-0.4, -0.2) is 55.7 Å². The second-order valence-electron chi connectivity index (χ2n) is 8.96. The molecule has 1 N–H and O–H groups in total. The molecule has 0 aromatic heterocycles. The van der Waals surface area contributed by atoms with Crippen LogP contribution in [0, 0.1) is 11.3 Å². The summed E-state index contributed by atoms with van der Waals surface area (Å²) in [6.45, 7) is 4.41. The normalized spacial score (nSPS) is 14.6. The van der Waals surface area contributed by atoms with Gasteiger partial charge in [0.05, 0.1) is 31.5 Å². The smallest absolute Gasteiger partial charge is 0.317 e. The van der Waals surface area contributed by atoms with E-state index in [1.165, 1.54) is 0 Å². The quantitative estimate of drug-likeness (QED) is 0.431. The summed E-state index contributed by atoms with van der Waals surface area (Å²) in [6, 6.07) is 24.9. The molecule has 1 aliphatic rings. The summed E-state index contributed by atoms with van der Waals surface area (Å²) in [6.07, 6.45) is -0.170. The summed E-state index contributed by atoms with van der Waals surface area (Å²) in [4.78, 5) is 16.9. The first kappa shape index (κ1) is 26.5. The molecule has 1 aliphatic heterocycles. The average Bonchev–Trinajstić information content (AvgIpc) is 2.95. The minimum Gasteiger partial charge on any atom is -0.497 e. The standard InChI is InChI=1S/C29H31ClN4O3/c1-36-27-4-2-3-25(17-27)28(37-21-24-7-5-22(18-31)6-8-24)20-33-13-15-34(16-14-33)29(35)32-19-23-9-11-26(30)12-10-23/h2-12,17,28H,13-16,19-21H2,1H3,(H,32,35)/t28-/m1/s1. The number of rotatable bonds is 9. The van der Waals surface area contributed by atoms with Gasteiger partial charge in [0.1, 0.15) is 5.75 Å². The topological polar surface area (TPSA) is 77.8 Å². The summed E-state index contributed by atoms with van der Waals surface area (Å²) in [5.74, 6) is 0.784. The van der Waals surface area contributed by atoms with Crippen molar-refractivity contribution in [2.24, 2.45) is 0 Å². The molecule has 8 heteroatoms. The number of benzene rings is 3. The molecule has 2 amide bonds. The highest BCUT2D eigenvalue weighted by Crippen LogP contribution is 2.25. The third-order valence-corrected chi connectivity index (χ3v) is 6.69. The zero-order valence-electron chi connectivity index (χ0n) is 20.9. The first-order chi connectivity index (χ1) is 18.0. The Morgan fingerprint density at radius 1 is 1.03 bits per heavy atom. The maximum atomic E-state index is 12.7. The Kier molecular flexibility index (Phi) is 9.39. The second-order valence-corrected chi connectivity index (χ2v) is 9.39. The summed E-state index contributed by atoms with van der Waals surface area (Å²) in [5, 5.41) is 12.7. The second kappa shape index (κ2) is 13.1. The number of piperazine rings is 1. The molecule has 1 saturated heterocycles. The van der Waals surface area contributed by atoms with Gasteiger partial charge in [-0.1, -0.05) is 48.0 Å². The Bertz CT molecular complexity index is 1200. The predicted octanol–water partition coefficient (Wildman–Crippen LogP) is 5.01. The molecule has 0 unspecified atom stereocenters. The van der Waals surface area contributed by atoms with Gasteiger partial charge in [-0.15, -0.1) is 0 Å². The van der Waals surface area contributed by atoms with E-state index in [0.717, 1.165) is 35.5 Å². The molecule has 37 heavy (non-hydrogen) atoms. The maximum absolute atomic E-state index is 12.7. The van der Waals surface area contributed by atoms with Crippen molar-refractivity contribution in [1.82, 2.24) is 15.1 Å². The number of hydrogen-bond donors (Lipinski definition) is 1. The number of hydrogen-bond acceptors (Lipinski definition) is 5. The number of urea groups is 1. The molecular weight excluding hydrogens is 488 g/mol. The van der Waals surface area contributed by atoms with E-state index in [4.69, 9.17) is 26.3 Å². The van der Waals surface area contributed by atoms with E-state index in [2.05, 4.69) is 16.3 Å². The van der Waals surface area contributed by atoms with E-state index in [1.54, 1.807) is 19.2 Å². The molecule has 3 aromatic rings. The summed E-state index contributed by atoms with van der Waals surface area (Å²) >= 11 is 5.94. The summed E-state index contributed by atoms with van der Waals surface area (Å²) in [7, 11) is 1.66. The lowest BCUT2D eigenvalue weighted by atomic mass is 10.1. The van der Waals surface area contributed by atoms with Gasteiger partial charge < -0.3 is 19.7 Å². The molecule has 0 bridgehead atoms. The lowest BCUT2D eigenvalue weighted by Gasteiger charge is -2.36. The summed E-state index contributed by atoms with van der Waals surface area (Å²) < 4.78 is 11.8. The number of nitrogens with zero attached hydrogens (tertiary/aromatic N) is 3. The molecule has 1 atom stereocenters. The molecular formula is C29H31ClN4O3. The van der Waals surface area contributed by atoms with Gasteiger partial charge in [-0.3, -0.25) is 4.90 Å². The van der Waals surface area contributed by atoms with Crippen LogP contribution in [0.5, 0.6) is 5.75 Å². The van der Waals surface area contributed by atoms with Crippen LogP contribution < -0.4 is 10.1 Å². The largest absolute Gasteiger partial charge is 0.497 e. The zero-order valence-corrected chi connectivity index (χ0v) is 21.7. The molecule has 0 radical (unpaired) electrons. The van der Waals surface area contributed by atoms with Crippen molar-refractivity contribution in [3.8, 4) is 11.8 Å². The number of ether oxygens (including phenoxy) is 2. The van der Waals surface area contributed by atoms with E-state index in [9.17, 15) is 4.79 Å². The molecule has 3 aromatic carbocycles. The minimum atomic E-state index is -0.170. The van der Waals surface area contributed by atoms with Gasteiger partial charge in [-0.25, -0.2) is 4.79 Å². The summed E-state index contributed by atoms with van der Waals surface area (Å²) in [5.41, 5.74) is 3.69. The van der Waals surface area contributed by atoms with Crippen LogP contribution in [-0.2, 0) is 17.9 Å². The fraction of sp³-hybridized carbons (Fsp3) is 0.310. The Hall–Kier alpha value is -3.57. The monoisotopic (exact) mass is 518 g/mol. The van der Waals surface area contributed by atoms with Crippen molar-refractivity contribution in [3.63, 3.8) is 0 Å². The van der Waals surface area contributed by atoms with Crippen LogP contribution in [0.2, 0.25) is 5.02 Å². The highest BCUT2D eigenvalue weighted by molar-refractivity contribution is 6.30. The lowest BCUT2D eigenvalue weighted by molar-refractivity contribution is 0.00546. The highest BCUT2D eigenvalue weighted by Gasteiger charge is 2.24. The Morgan fingerprint density at radius 2 is 1.73 bits per heavy atom. The number of nitriles is 1. The molecule has 0 aliphatic carbocycles. The third kappa shape index (κ3) is 7.70. The minimum absolute atomic E-state index is 0.0592. The van der Waals surface area contributed by atoms with E-state index < -0.39 is 0 Å². The number of carbonyl (C=O) groups excluding carboxylic acids is 1. The molecule has 0 spiro atoms. The molecule has 0 saturated carbocycles. The Labute approximate surface area is 223 Å². The fourth-order valence-electron chi connectivity index (χ4n) is 4.23. The van der Waals surface area contributed by atoms with Gasteiger partial charge in [-0.05, 0) is 53.1 Å². The van der Waals surface area contributed by atoms with E-state index in [1.807, 2.05) is 65.6 Å². The van der Waals surface area contributed by atoms with Crippen molar-refractivity contribution in [3.05, 3.63) is 100 Å². The Balaban J connectivity index is 1.33. The average molecular weight is 519 g/mol. The van der Waals surface area contributed by atoms with Gasteiger partial charge in [0, 0.05) is 44.3 Å². The van der Waals surface area contributed by atoms with Gasteiger partial charge in [0.25, 0.3) is 0 Å². The molecule has 7 nitrogen and oxygen atoms in total. The van der Waals surface area contributed by atoms with Crippen LogP contribution in [0.15, 0.2) is 72.8 Å². The van der Waals surface area contributed by atoms with Crippen LogP contribution in [0.25, 0.3) is 0 Å². The van der Waals surface area contributed by atoms with Crippen molar-refractivity contribution < 1.29 is 14.3 Å². The third-order valence-electron chi connectivity index (χ3n) is 6.44. The number of methoxy groups -OCH3 is 1.